The first-order valence-corrected chi connectivity index (χ1v) is 5.36. The van der Waals surface area contributed by atoms with Gasteiger partial charge in [-0.3, -0.25) is 0 Å². The molecule has 2 aromatic heterocycles. The van der Waals surface area contributed by atoms with E-state index in [2.05, 4.69) is 20.3 Å². The maximum absolute atomic E-state index is 5.80. The number of aromatic nitrogens is 5. The summed E-state index contributed by atoms with van der Waals surface area (Å²) in [6.45, 7) is 2.88. The van der Waals surface area contributed by atoms with E-state index in [4.69, 9.17) is 11.5 Å². The van der Waals surface area contributed by atoms with Crippen LogP contribution in [0.1, 0.15) is 17.1 Å². The molecule has 2 rings (SSSR count). The third-order valence-corrected chi connectivity index (χ3v) is 2.34. The van der Waals surface area contributed by atoms with Crippen LogP contribution in [0.2, 0.25) is 0 Å². The van der Waals surface area contributed by atoms with Gasteiger partial charge in [0, 0.05) is 24.4 Å². The van der Waals surface area contributed by atoms with Crippen molar-refractivity contribution in [2.24, 2.45) is 5.73 Å². The van der Waals surface area contributed by atoms with E-state index in [1.54, 1.807) is 17.8 Å². The minimum absolute atomic E-state index is 0. The van der Waals surface area contributed by atoms with Gasteiger partial charge in [0.25, 0.3) is 0 Å². The van der Waals surface area contributed by atoms with E-state index in [-0.39, 0.29) is 12.4 Å². The fourth-order valence-electron chi connectivity index (χ4n) is 1.49. The summed E-state index contributed by atoms with van der Waals surface area (Å²) in [4.78, 5) is 8.20. The highest BCUT2D eigenvalue weighted by Gasteiger charge is 2.05. The fourth-order valence-corrected chi connectivity index (χ4v) is 1.49. The van der Waals surface area contributed by atoms with Gasteiger partial charge in [-0.15, -0.1) is 17.5 Å². The van der Waals surface area contributed by atoms with Crippen LogP contribution in [0.4, 0.5) is 5.82 Å². The van der Waals surface area contributed by atoms with Gasteiger partial charge in [-0.05, 0) is 13.5 Å². The smallest absolute Gasteiger partial charge is 0.132 e. The Labute approximate surface area is 111 Å². The van der Waals surface area contributed by atoms with E-state index in [0.29, 0.717) is 24.7 Å². The van der Waals surface area contributed by atoms with Gasteiger partial charge >= 0.3 is 0 Å². The molecule has 0 saturated carbocycles. The second-order valence-corrected chi connectivity index (χ2v) is 3.77. The topological polar surface area (TPSA) is 109 Å². The van der Waals surface area contributed by atoms with E-state index >= 15 is 0 Å². The molecule has 2 aromatic rings. The van der Waals surface area contributed by atoms with E-state index in [1.165, 1.54) is 0 Å². The van der Waals surface area contributed by atoms with Gasteiger partial charge in [-0.1, -0.05) is 5.21 Å². The van der Waals surface area contributed by atoms with Crippen LogP contribution in [-0.4, -0.2) is 31.5 Å². The molecule has 0 saturated heterocycles. The Balaban J connectivity index is 0.00000162. The molecule has 7 nitrogen and oxygen atoms in total. The summed E-state index contributed by atoms with van der Waals surface area (Å²) in [6.07, 6.45) is 4.29. The van der Waals surface area contributed by atoms with Crippen LogP contribution < -0.4 is 11.5 Å². The number of rotatable bonds is 4. The normalized spacial score (nSPS) is 10.1. The average Bonchev–Trinajstić information content (AvgIpc) is 2.71. The van der Waals surface area contributed by atoms with Crippen LogP contribution in [0.15, 0.2) is 12.4 Å². The van der Waals surface area contributed by atoms with Gasteiger partial charge in [-0.2, -0.15) is 0 Å². The van der Waals surface area contributed by atoms with Crippen molar-refractivity contribution in [3.8, 4) is 0 Å². The number of nitrogens with two attached hydrogens (primary N) is 2. The van der Waals surface area contributed by atoms with Crippen molar-refractivity contribution < 1.29 is 0 Å². The molecular formula is C10H16ClN7. The first-order chi connectivity index (χ1) is 8.19. The third-order valence-electron chi connectivity index (χ3n) is 2.34. The Morgan fingerprint density at radius 2 is 2.17 bits per heavy atom. The highest BCUT2D eigenvalue weighted by Crippen LogP contribution is 2.08. The first kappa shape index (κ1) is 14.3. The summed E-state index contributed by atoms with van der Waals surface area (Å²) in [6, 6.07) is 0. The van der Waals surface area contributed by atoms with Gasteiger partial charge in [-0.25, -0.2) is 14.6 Å². The highest BCUT2D eigenvalue weighted by atomic mass is 35.5. The minimum atomic E-state index is 0. The van der Waals surface area contributed by atoms with Crippen molar-refractivity contribution >= 4 is 18.2 Å². The summed E-state index contributed by atoms with van der Waals surface area (Å²) in [7, 11) is 0. The van der Waals surface area contributed by atoms with Crippen LogP contribution in [-0.2, 0) is 13.0 Å². The Morgan fingerprint density at radius 3 is 2.83 bits per heavy atom. The molecule has 0 amide bonds. The second kappa shape index (κ2) is 6.27. The van der Waals surface area contributed by atoms with Gasteiger partial charge < -0.3 is 11.5 Å². The molecule has 0 aromatic carbocycles. The molecule has 0 atom stereocenters. The lowest BCUT2D eigenvalue weighted by Crippen LogP contribution is -2.07. The van der Waals surface area contributed by atoms with Crippen molar-refractivity contribution in [2.45, 2.75) is 19.9 Å². The van der Waals surface area contributed by atoms with Gasteiger partial charge in [0.2, 0.25) is 0 Å². The lowest BCUT2D eigenvalue weighted by molar-refractivity contribution is 0.646. The number of hydrogen-bond donors (Lipinski definition) is 2. The zero-order chi connectivity index (χ0) is 12.3. The molecule has 0 bridgehead atoms. The number of anilines is 1. The summed E-state index contributed by atoms with van der Waals surface area (Å²) in [5, 5.41) is 7.99. The maximum Gasteiger partial charge on any atom is 0.132 e. The molecule has 0 aliphatic heterocycles. The summed E-state index contributed by atoms with van der Waals surface area (Å²) >= 11 is 0. The highest BCUT2D eigenvalue weighted by molar-refractivity contribution is 5.85. The SMILES string of the molecule is Cc1ncc(Cn2cc(CCN)nn2)c(N)n1.Cl. The Bertz CT molecular complexity index is 511. The van der Waals surface area contributed by atoms with Crippen LogP contribution >= 0.6 is 12.4 Å². The first-order valence-electron chi connectivity index (χ1n) is 5.36. The van der Waals surface area contributed by atoms with Gasteiger partial charge in [0.1, 0.15) is 11.6 Å². The van der Waals surface area contributed by atoms with Crippen molar-refractivity contribution in [3.05, 3.63) is 29.5 Å². The van der Waals surface area contributed by atoms with E-state index < -0.39 is 0 Å². The number of nitrogens with zero attached hydrogens (tertiary/aromatic N) is 5. The van der Waals surface area contributed by atoms with Crippen LogP contribution in [0.25, 0.3) is 0 Å². The van der Waals surface area contributed by atoms with Crippen molar-refractivity contribution in [1.82, 2.24) is 25.0 Å². The lowest BCUT2D eigenvalue weighted by atomic mass is 10.3. The van der Waals surface area contributed by atoms with Crippen LogP contribution in [0.3, 0.4) is 0 Å². The molecule has 4 N–H and O–H groups in total. The van der Waals surface area contributed by atoms with Gasteiger partial charge in [0.15, 0.2) is 0 Å². The predicted octanol–water partition coefficient (Wildman–Crippen LogP) is -0.0700. The summed E-state index contributed by atoms with van der Waals surface area (Å²) in [5.41, 5.74) is 13.0. The van der Waals surface area contributed by atoms with E-state index in [9.17, 15) is 0 Å². The molecule has 0 aliphatic rings. The molecule has 98 valence electrons. The zero-order valence-corrected chi connectivity index (χ0v) is 10.9. The molecule has 8 heteroatoms. The van der Waals surface area contributed by atoms with E-state index in [0.717, 1.165) is 17.7 Å². The molecule has 18 heavy (non-hydrogen) atoms. The molecule has 0 radical (unpaired) electrons. The molecule has 0 spiro atoms. The van der Waals surface area contributed by atoms with Gasteiger partial charge in [0.05, 0.1) is 12.2 Å². The number of halogens is 1. The molecule has 0 unspecified atom stereocenters. The number of hydrogen-bond acceptors (Lipinski definition) is 6. The predicted molar refractivity (Wildman–Crippen MR) is 70.3 cm³/mol. The average molecular weight is 270 g/mol. The molecule has 0 fully saturated rings. The Morgan fingerprint density at radius 1 is 1.39 bits per heavy atom. The summed E-state index contributed by atoms with van der Waals surface area (Å²) in [5.74, 6) is 1.14. The van der Waals surface area contributed by atoms with Crippen molar-refractivity contribution in [1.29, 1.82) is 0 Å². The quantitative estimate of drug-likeness (QED) is 0.804. The lowest BCUT2D eigenvalue weighted by Gasteiger charge is -2.04. The molecular weight excluding hydrogens is 254 g/mol. The largest absolute Gasteiger partial charge is 0.383 e. The van der Waals surface area contributed by atoms with Crippen molar-refractivity contribution in [3.63, 3.8) is 0 Å². The third kappa shape index (κ3) is 3.38. The summed E-state index contributed by atoms with van der Waals surface area (Å²) < 4.78 is 1.70. The Kier molecular flexibility index (Phi) is 4.99. The van der Waals surface area contributed by atoms with Crippen molar-refractivity contribution in [2.75, 3.05) is 12.3 Å². The molecule has 0 aliphatic carbocycles. The zero-order valence-electron chi connectivity index (χ0n) is 10.1. The molecule has 2 heterocycles. The van der Waals surface area contributed by atoms with Crippen LogP contribution in [0, 0.1) is 6.92 Å². The second-order valence-electron chi connectivity index (χ2n) is 3.77. The number of aryl methyl sites for hydroxylation is 1. The maximum atomic E-state index is 5.80. The number of nitrogen functional groups attached to an aromatic ring is 1. The fraction of sp³-hybridized carbons (Fsp3) is 0.400. The Hall–Kier alpha value is -1.73. The minimum Gasteiger partial charge on any atom is -0.383 e. The van der Waals surface area contributed by atoms with E-state index in [1.807, 2.05) is 6.20 Å². The standard InChI is InChI=1S/C10H15N7.ClH/c1-7-13-4-8(10(12)14-7)5-17-6-9(2-3-11)15-16-17;/h4,6H,2-3,5,11H2,1H3,(H2,12,13,14);1H. The monoisotopic (exact) mass is 269 g/mol. The van der Waals surface area contributed by atoms with Crippen LogP contribution in [0.5, 0.6) is 0 Å².